The molecule has 0 nitrogen and oxygen atoms in total. The zero-order valence-corrected chi connectivity index (χ0v) is 24.7. The Morgan fingerprint density at radius 3 is 1.80 bits per heavy atom. The van der Waals surface area contributed by atoms with E-state index in [1.807, 2.05) is 22.7 Å². The van der Waals surface area contributed by atoms with Gasteiger partial charge in [-0.25, -0.2) is 0 Å². The van der Waals surface area contributed by atoms with Gasteiger partial charge in [0.2, 0.25) is 0 Å². The maximum Gasteiger partial charge on any atom is 0.182 e. The molecule has 2 aromatic heterocycles. The average molecular weight is 571 g/mol. The Kier molecular flexibility index (Phi) is 4.33. The van der Waals surface area contributed by atoms with Crippen LogP contribution in [0.3, 0.4) is 0 Å². The minimum Gasteiger partial charge on any atom is -0.135 e. The molecule has 3 heteroatoms. The summed E-state index contributed by atoms with van der Waals surface area (Å²) in [5, 5.41) is 11.6. The second-order valence-corrected chi connectivity index (χ2v) is 17.0. The molecule has 2 aliphatic heterocycles. The van der Waals surface area contributed by atoms with Gasteiger partial charge in [0.15, 0.2) is 8.07 Å². The Labute approximate surface area is 246 Å². The standard InChI is InChI=1S/C38H22S2Si/c1-6-14-32-24(9-1)28-19-20-36-29(38(28)40-32)18-17-23-21-33-30(25-10-2-5-13-31(25)39-33)22-37(23)41(36)34-15-7-3-11-26(34)27-12-4-8-16-35(27)41/h1-22H. The van der Waals surface area contributed by atoms with E-state index in [4.69, 9.17) is 0 Å². The molecule has 0 saturated heterocycles. The minimum atomic E-state index is -2.65. The third kappa shape index (κ3) is 2.74. The second kappa shape index (κ2) is 7.92. The summed E-state index contributed by atoms with van der Waals surface area (Å²) in [6.45, 7) is 0. The Hall–Kier alpha value is -4.28. The zero-order chi connectivity index (χ0) is 26.7. The number of thiophene rings is 2. The molecule has 0 saturated carbocycles. The predicted molar refractivity (Wildman–Crippen MR) is 184 cm³/mol. The molecule has 0 bridgehead atoms. The molecule has 0 fully saturated rings. The monoisotopic (exact) mass is 570 g/mol. The molecule has 0 aliphatic carbocycles. The molecule has 0 radical (unpaired) electrons. The highest BCUT2D eigenvalue weighted by Gasteiger charge is 2.51. The molecule has 0 unspecified atom stereocenters. The van der Waals surface area contributed by atoms with Crippen molar-refractivity contribution < 1.29 is 0 Å². The van der Waals surface area contributed by atoms with E-state index in [0.717, 1.165) is 0 Å². The summed E-state index contributed by atoms with van der Waals surface area (Å²) in [5.41, 5.74) is 5.58. The average Bonchev–Trinajstić information content (AvgIpc) is 3.64. The van der Waals surface area contributed by atoms with Gasteiger partial charge in [-0.15, -0.1) is 22.7 Å². The summed E-state index contributed by atoms with van der Waals surface area (Å²) < 4.78 is 5.51. The van der Waals surface area contributed by atoms with Crippen LogP contribution in [0.2, 0.25) is 0 Å². The van der Waals surface area contributed by atoms with Crippen molar-refractivity contribution in [3.63, 3.8) is 0 Å². The number of benzene rings is 6. The molecule has 10 rings (SSSR count). The SMILES string of the molecule is C1=Cc2c(ccc3c2sc2ccccc23)[Si]2(c3cc4c(cc31)sc1ccccc14)c1ccccc1-c1ccccc12. The van der Waals surface area contributed by atoms with E-state index in [-0.39, 0.29) is 0 Å². The number of rotatable bonds is 0. The normalized spacial score (nSPS) is 14.4. The maximum absolute atomic E-state index is 2.65. The maximum atomic E-state index is 2.59. The van der Waals surface area contributed by atoms with Gasteiger partial charge in [-0.2, -0.15) is 0 Å². The van der Waals surface area contributed by atoms with Crippen molar-refractivity contribution in [2.75, 3.05) is 0 Å². The van der Waals surface area contributed by atoms with Crippen LogP contribution in [0.15, 0.2) is 121 Å². The van der Waals surface area contributed by atoms with Gasteiger partial charge >= 0.3 is 0 Å². The van der Waals surface area contributed by atoms with Gasteiger partial charge in [0.25, 0.3) is 0 Å². The number of fused-ring (bicyclic) bond motifs is 16. The zero-order valence-electron chi connectivity index (χ0n) is 22.0. The Morgan fingerprint density at radius 2 is 1.05 bits per heavy atom. The lowest BCUT2D eigenvalue weighted by atomic mass is 10.1. The summed E-state index contributed by atoms with van der Waals surface area (Å²) in [4.78, 5) is 0. The predicted octanol–water partition coefficient (Wildman–Crippen LogP) is 8.26. The largest absolute Gasteiger partial charge is 0.182 e. The summed E-state index contributed by atoms with van der Waals surface area (Å²) in [5.74, 6) is 0. The highest BCUT2D eigenvalue weighted by atomic mass is 32.1. The Bertz CT molecular complexity index is 2390. The topological polar surface area (TPSA) is 0 Å². The molecule has 8 aromatic rings. The Morgan fingerprint density at radius 1 is 0.415 bits per heavy atom. The molecule has 0 N–H and O–H groups in total. The fourth-order valence-electron chi connectivity index (χ4n) is 7.69. The van der Waals surface area contributed by atoms with Crippen LogP contribution >= 0.6 is 22.7 Å². The molecule has 1 spiro atoms. The fourth-order valence-corrected chi connectivity index (χ4v) is 15.7. The van der Waals surface area contributed by atoms with E-state index >= 15 is 0 Å². The van der Waals surface area contributed by atoms with Crippen LogP contribution in [0.25, 0.3) is 63.6 Å². The lowest BCUT2D eigenvalue weighted by Crippen LogP contribution is -2.73. The highest BCUT2D eigenvalue weighted by molar-refractivity contribution is 7.28. The third-order valence-electron chi connectivity index (χ3n) is 9.32. The summed E-state index contributed by atoms with van der Waals surface area (Å²) in [6.07, 6.45) is 4.86. The molecule has 6 aromatic carbocycles. The van der Waals surface area contributed by atoms with Gasteiger partial charge in [0.05, 0.1) is 0 Å². The first-order valence-electron chi connectivity index (χ1n) is 14.1. The van der Waals surface area contributed by atoms with Crippen LogP contribution in [-0.4, -0.2) is 8.07 Å². The van der Waals surface area contributed by atoms with Crippen molar-refractivity contribution in [2.45, 2.75) is 0 Å². The second-order valence-electron chi connectivity index (χ2n) is 11.2. The Balaban J connectivity index is 1.44. The van der Waals surface area contributed by atoms with Gasteiger partial charge in [-0.05, 0) is 61.2 Å². The van der Waals surface area contributed by atoms with Gasteiger partial charge in [0.1, 0.15) is 0 Å². The van der Waals surface area contributed by atoms with Crippen LogP contribution < -0.4 is 20.7 Å². The van der Waals surface area contributed by atoms with Gasteiger partial charge in [-0.1, -0.05) is 115 Å². The van der Waals surface area contributed by atoms with E-state index in [9.17, 15) is 0 Å². The highest BCUT2D eigenvalue weighted by Crippen LogP contribution is 2.41. The van der Waals surface area contributed by atoms with Crippen LogP contribution in [0, 0.1) is 0 Å². The van der Waals surface area contributed by atoms with Gasteiger partial charge < -0.3 is 0 Å². The van der Waals surface area contributed by atoms with Crippen LogP contribution in [0.4, 0.5) is 0 Å². The van der Waals surface area contributed by atoms with E-state index in [1.165, 1.54) is 83.3 Å². The number of hydrogen-bond acceptors (Lipinski definition) is 2. The number of hydrogen-bond donors (Lipinski definition) is 0. The van der Waals surface area contributed by atoms with Crippen LogP contribution in [-0.2, 0) is 0 Å². The molecule has 190 valence electrons. The lowest BCUT2D eigenvalue weighted by Gasteiger charge is -2.33. The first-order valence-corrected chi connectivity index (χ1v) is 17.7. The van der Waals surface area contributed by atoms with E-state index in [1.54, 1.807) is 0 Å². The summed E-state index contributed by atoms with van der Waals surface area (Å²) >= 11 is 3.87. The quantitative estimate of drug-likeness (QED) is 0.161. The van der Waals surface area contributed by atoms with Crippen molar-refractivity contribution in [1.82, 2.24) is 0 Å². The fraction of sp³-hybridized carbons (Fsp3) is 0. The van der Waals surface area contributed by atoms with Crippen molar-refractivity contribution >= 4 is 104 Å². The third-order valence-corrected chi connectivity index (χ3v) is 16.7. The van der Waals surface area contributed by atoms with Gasteiger partial charge in [-0.3, -0.25) is 0 Å². The summed E-state index contributed by atoms with van der Waals surface area (Å²) in [7, 11) is -2.65. The molecule has 4 heterocycles. The van der Waals surface area contributed by atoms with Gasteiger partial charge in [0, 0.05) is 40.3 Å². The summed E-state index contributed by atoms with van der Waals surface area (Å²) in [6, 6.07) is 46.3. The molecule has 41 heavy (non-hydrogen) atoms. The van der Waals surface area contributed by atoms with Crippen molar-refractivity contribution in [2.24, 2.45) is 0 Å². The molecular formula is C38H22S2Si. The van der Waals surface area contributed by atoms with E-state index in [0.29, 0.717) is 0 Å². The lowest BCUT2D eigenvalue weighted by molar-refractivity contribution is 1.71. The smallest absolute Gasteiger partial charge is 0.135 e. The molecular weight excluding hydrogens is 549 g/mol. The van der Waals surface area contributed by atoms with Crippen molar-refractivity contribution in [3.8, 4) is 11.1 Å². The molecule has 0 amide bonds. The van der Waals surface area contributed by atoms with Crippen molar-refractivity contribution in [3.05, 3.63) is 132 Å². The van der Waals surface area contributed by atoms with Crippen LogP contribution in [0.5, 0.6) is 0 Å². The molecule has 0 atom stereocenters. The van der Waals surface area contributed by atoms with Crippen molar-refractivity contribution in [1.29, 1.82) is 0 Å². The van der Waals surface area contributed by atoms with E-state index < -0.39 is 8.07 Å². The molecule has 2 aliphatic rings. The first kappa shape index (κ1) is 22.4. The van der Waals surface area contributed by atoms with Crippen LogP contribution in [0.1, 0.15) is 11.1 Å². The first-order chi connectivity index (χ1) is 20.3. The van der Waals surface area contributed by atoms with E-state index in [2.05, 4.69) is 133 Å². The minimum absolute atomic E-state index is 1.36.